The molecule has 0 radical (unpaired) electrons. The molecule has 0 spiro atoms. The second-order valence-electron chi connectivity index (χ2n) is 6.18. The highest BCUT2D eigenvalue weighted by molar-refractivity contribution is 6.32. The monoisotopic (exact) mass is 390 g/mol. The van der Waals surface area contributed by atoms with Crippen LogP contribution in [0.4, 0.5) is 0 Å². The van der Waals surface area contributed by atoms with Crippen molar-refractivity contribution in [2.75, 3.05) is 13.2 Å². The van der Waals surface area contributed by atoms with Crippen molar-refractivity contribution < 1.29 is 19.4 Å². The Kier molecular flexibility index (Phi) is 7.49. The standard InChI is InChI=1S/C20H23ClN2O4/c1-4-26-18-10-14(9-16(21)19(18)27-12-13(2)3)11-22-23-20(25)15-7-5-6-8-17(15)24/h5-11,13,24H,4,12H2,1-3H3,(H,23,25)/b22-11-. The van der Waals surface area contributed by atoms with Gasteiger partial charge in [0, 0.05) is 0 Å². The highest BCUT2D eigenvalue weighted by atomic mass is 35.5. The van der Waals surface area contributed by atoms with E-state index >= 15 is 0 Å². The number of phenolic OH excluding ortho intramolecular Hbond substituents is 1. The van der Waals surface area contributed by atoms with Gasteiger partial charge in [-0.05, 0) is 42.7 Å². The van der Waals surface area contributed by atoms with Crippen molar-refractivity contribution >= 4 is 23.7 Å². The van der Waals surface area contributed by atoms with Crippen LogP contribution in [-0.2, 0) is 0 Å². The fourth-order valence-corrected chi connectivity index (χ4v) is 2.48. The molecule has 2 aromatic carbocycles. The van der Waals surface area contributed by atoms with E-state index in [-0.39, 0.29) is 11.3 Å². The first-order chi connectivity index (χ1) is 12.9. The lowest BCUT2D eigenvalue weighted by atomic mass is 10.2. The second-order valence-corrected chi connectivity index (χ2v) is 6.59. The van der Waals surface area contributed by atoms with Crippen molar-refractivity contribution in [2.24, 2.45) is 11.0 Å². The molecular formula is C20H23ClN2O4. The zero-order valence-corrected chi connectivity index (χ0v) is 16.3. The highest BCUT2D eigenvalue weighted by Gasteiger charge is 2.13. The van der Waals surface area contributed by atoms with Gasteiger partial charge in [-0.1, -0.05) is 37.6 Å². The fourth-order valence-electron chi connectivity index (χ4n) is 2.21. The van der Waals surface area contributed by atoms with E-state index in [4.69, 9.17) is 21.1 Å². The Morgan fingerprint density at radius 2 is 2.04 bits per heavy atom. The number of nitrogens with one attached hydrogen (secondary N) is 1. The lowest BCUT2D eigenvalue weighted by Gasteiger charge is -2.15. The molecule has 2 aromatic rings. The first-order valence-electron chi connectivity index (χ1n) is 8.62. The molecule has 144 valence electrons. The molecule has 6 nitrogen and oxygen atoms in total. The van der Waals surface area contributed by atoms with Gasteiger partial charge in [0.15, 0.2) is 11.5 Å². The molecule has 0 aliphatic rings. The van der Waals surface area contributed by atoms with E-state index in [0.717, 1.165) is 0 Å². The number of halogens is 1. The molecule has 7 heteroatoms. The number of phenols is 1. The summed E-state index contributed by atoms with van der Waals surface area (Å²) in [6.45, 7) is 6.93. The quantitative estimate of drug-likeness (QED) is 0.521. The molecule has 0 unspecified atom stereocenters. The largest absolute Gasteiger partial charge is 0.507 e. The maximum absolute atomic E-state index is 12.0. The number of carbonyl (C=O) groups is 1. The molecule has 0 aromatic heterocycles. The molecule has 0 saturated carbocycles. The number of para-hydroxylation sites is 1. The summed E-state index contributed by atoms with van der Waals surface area (Å²) in [7, 11) is 0. The normalized spacial score (nSPS) is 11.0. The third-order valence-corrected chi connectivity index (χ3v) is 3.70. The maximum Gasteiger partial charge on any atom is 0.275 e. The Bertz CT molecular complexity index is 822. The first kappa shape index (κ1) is 20.6. The third kappa shape index (κ3) is 5.89. The molecule has 0 heterocycles. The number of hydrogen-bond acceptors (Lipinski definition) is 5. The summed E-state index contributed by atoms with van der Waals surface area (Å²) in [4.78, 5) is 12.0. The van der Waals surface area contributed by atoms with Gasteiger partial charge >= 0.3 is 0 Å². The smallest absolute Gasteiger partial charge is 0.275 e. The molecule has 27 heavy (non-hydrogen) atoms. The molecule has 1 amide bonds. The minimum absolute atomic E-state index is 0.112. The highest BCUT2D eigenvalue weighted by Crippen LogP contribution is 2.36. The van der Waals surface area contributed by atoms with Crippen LogP contribution in [0, 0.1) is 5.92 Å². The molecule has 0 bridgehead atoms. The number of carbonyl (C=O) groups excluding carboxylic acids is 1. The van der Waals surface area contributed by atoms with Crippen LogP contribution in [0.3, 0.4) is 0 Å². The van der Waals surface area contributed by atoms with Crippen LogP contribution in [0.2, 0.25) is 5.02 Å². The van der Waals surface area contributed by atoms with Crippen molar-refractivity contribution in [2.45, 2.75) is 20.8 Å². The van der Waals surface area contributed by atoms with Crippen molar-refractivity contribution in [3.63, 3.8) is 0 Å². The number of aromatic hydroxyl groups is 1. The Morgan fingerprint density at radius 3 is 2.70 bits per heavy atom. The van der Waals surface area contributed by atoms with E-state index in [1.165, 1.54) is 18.3 Å². The SMILES string of the molecule is CCOc1cc(/C=N\NC(=O)c2ccccc2O)cc(Cl)c1OCC(C)C. The summed E-state index contributed by atoms with van der Waals surface area (Å²) < 4.78 is 11.4. The van der Waals surface area contributed by atoms with Gasteiger partial charge in [-0.2, -0.15) is 5.10 Å². The first-order valence-corrected chi connectivity index (χ1v) is 9.00. The summed E-state index contributed by atoms with van der Waals surface area (Å²) in [5.41, 5.74) is 3.15. The van der Waals surface area contributed by atoms with E-state index < -0.39 is 5.91 Å². The summed E-state index contributed by atoms with van der Waals surface area (Å²) in [6.07, 6.45) is 1.44. The van der Waals surface area contributed by atoms with Crippen molar-refractivity contribution in [3.8, 4) is 17.2 Å². The van der Waals surface area contributed by atoms with E-state index in [2.05, 4.69) is 10.5 Å². The zero-order valence-electron chi connectivity index (χ0n) is 15.5. The Morgan fingerprint density at radius 1 is 1.30 bits per heavy atom. The van der Waals surface area contributed by atoms with Crippen molar-refractivity contribution in [1.82, 2.24) is 5.43 Å². The number of hydrogen-bond donors (Lipinski definition) is 2. The second kappa shape index (κ2) is 9.83. The molecule has 0 saturated heterocycles. The van der Waals surface area contributed by atoms with Crippen molar-refractivity contribution in [1.29, 1.82) is 0 Å². The van der Waals surface area contributed by atoms with Crippen LogP contribution in [0.1, 0.15) is 36.7 Å². The molecule has 0 aliphatic carbocycles. The van der Waals surface area contributed by atoms with Gasteiger partial charge in [0.1, 0.15) is 5.75 Å². The van der Waals surface area contributed by atoms with Gasteiger partial charge in [0.25, 0.3) is 5.91 Å². The third-order valence-electron chi connectivity index (χ3n) is 3.42. The Labute approximate surface area is 163 Å². The number of rotatable bonds is 8. The zero-order chi connectivity index (χ0) is 19.8. The summed E-state index contributed by atoms with van der Waals surface area (Å²) >= 11 is 6.32. The van der Waals surface area contributed by atoms with Crippen LogP contribution >= 0.6 is 11.6 Å². The maximum atomic E-state index is 12.0. The molecule has 0 atom stereocenters. The lowest BCUT2D eigenvalue weighted by Crippen LogP contribution is -2.17. The number of amides is 1. The summed E-state index contributed by atoms with van der Waals surface area (Å²) in [5, 5.41) is 14.0. The summed E-state index contributed by atoms with van der Waals surface area (Å²) in [6, 6.07) is 9.64. The summed E-state index contributed by atoms with van der Waals surface area (Å²) in [5.74, 6) is 0.721. The molecule has 2 rings (SSSR count). The van der Waals surface area contributed by atoms with E-state index in [1.807, 2.05) is 20.8 Å². The van der Waals surface area contributed by atoms with E-state index in [0.29, 0.717) is 41.2 Å². The number of ether oxygens (including phenoxy) is 2. The average Bonchev–Trinajstić information content (AvgIpc) is 2.61. The average molecular weight is 391 g/mol. The fraction of sp³-hybridized carbons (Fsp3) is 0.300. The minimum Gasteiger partial charge on any atom is -0.507 e. The number of nitrogens with zero attached hydrogens (tertiary/aromatic N) is 1. The minimum atomic E-state index is -0.516. The van der Waals surface area contributed by atoms with Gasteiger partial charge in [-0.3, -0.25) is 4.79 Å². The van der Waals surface area contributed by atoms with Crippen LogP contribution in [0.25, 0.3) is 0 Å². The molecule has 0 fully saturated rings. The predicted octanol–water partition coefficient (Wildman–Crippen LogP) is 4.24. The Balaban J connectivity index is 2.14. The van der Waals surface area contributed by atoms with Gasteiger partial charge in [-0.15, -0.1) is 0 Å². The van der Waals surface area contributed by atoms with Crippen molar-refractivity contribution in [3.05, 3.63) is 52.5 Å². The topological polar surface area (TPSA) is 80.2 Å². The predicted molar refractivity (Wildman–Crippen MR) is 106 cm³/mol. The van der Waals surface area contributed by atoms with Crippen LogP contribution in [0.5, 0.6) is 17.2 Å². The Hall–Kier alpha value is -2.73. The van der Waals surface area contributed by atoms with E-state index in [9.17, 15) is 9.90 Å². The van der Waals surface area contributed by atoms with Crippen LogP contribution in [-0.4, -0.2) is 30.4 Å². The van der Waals surface area contributed by atoms with Gasteiger partial charge in [0.2, 0.25) is 0 Å². The molecule has 0 aliphatic heterocycles. The molecular weight excluding hydrogens is 368 g/mol. The number of hydrazone groups is 1. The van der Waals surface area contributed by atoms with Crippen LogP contribution < -0.4 is 14.9 Å². The molecule has 2 N–H and O–H groups in total. The van der Waals surface area contributed by atoms with Gasteiger partial charge in [-0.25, -0.2) is 5.43 Å². The van der Waals surface area contributed by atoms with E-state index in [1.54, 1.807) is 24.3 Å². The van der Waals surface area contributed by atoms with Gasteiger partial charge in [0.05, 0.1) is 30.0 Å². The lowest BCUT2D eigenvalue weighted by molar-refractivity contribution is 0.0952. The number of benzene rings is 2. The van der Waals surface area contributed by atoms with Crippen LogP contribution in [0.15, 0.2) is 41.5 Å². The van der Waals surface area contributed by atoms with Gasteiger partial charge < -0.3 is 14.6 Å².